The summed E-state index contributed by atoms with van der Waals surface area (Å²) in [5.41, 5.74) is 0. The maximum Gasteiger partial charge on any atom is 0.317 e. The molecule has 2 fully saturated rings. The molecule has 0 bridgehead atoms. The van der Waals surface area contributed by atoms with Crippen molar-refractivity contribution in [3.63, 3.8) is 0 Å². The predicted molar refractivity (Wildman–Crippen MR) is 93.2 cm³/mol. The molecule has 3 rings (SSSR count). The van der Waals surface area contributed by atoms with Crippen LogP contribution < -0.4 is 10.1 Å². The van der Waals surface area contributed by atoms with Gasteiger partial charge in [-0.15, -0.1) is 0 Å². The number of hydrogen-bond acceptors (Lipinski definition) is 3. The molecule has 1 aliphatic heterocycles. The van der Waals surface area contributed by atoms with Crippen LogP contribution in [0.2, 0.25) is 0 Å². The SMILES string of the molecule is CN(C[C@@H]1CCOC1)C(=O)N[C@@H]1CCCC[C@@H]1Oc1ccccc1. The third-order valence-corrected chi connectivity index (χ3v) is 4.94. The largest absolute Gasteiger partial charge is 0.488 e. The van der Waals surface area contributed by atoms with Crippen molar-refractivity contribution in [2.75, 3.05) is 26.8 Å². The molecule has 24 heavy (non-hydrogen) atoms. The van der Waals surface area contributed by atoms with E-state index >= 15 is 0 Å². The van der Waals surface area contributed by atoms with Gasteiger partial charge in [-0.2, -0.15) is 0 Å². The molecule has 0 unspecified atom stereocenters. The van der Waals surface area contributed by atoms with Gasteiger partial charge in [-0.3, -0.25) is 0 Å². The molecule has 0 radical (unpaired) electrons. The number of carbonyl (C=O) groups excluding carboxylic acids is 1. The Morgan fingerprint density at radius 2 is 2.04 bits per heavy atom. The monoisotopic (exact) mass is 332 g/mol. The van der Waals surface area contributed by atoms with Crippen LogP contribution in [0, 0.1) is 5.92 Å². The Kier molecular flexibility index (Phi) is 5.96. The highest BCUT2D eigenvalue weighted by molar-refractivity contribution is 5.74. The molecule has 3 atom stereocenters. The van der Waals surface area contributed by atoms with Crippen LogP contribution in [-0.2, 0) is 4.74 Å². The summed E-state index contributed by atoms with van der Waals surface area (Å²) in [5, 5.41) is 3.18. The van der Waals surface area contributed by atoms with Crippen molar-refractivity contribution in [3.05, 3.63) is 30.3 Å². The predicted octanol–water partition coefficient (Wildman–Crippen LogP) is 3.05. The van der Waals surface area contributed by atoms with Crippen LogP contribution in [-0.4, -0.2) is 49.9 Å². The third-order valence-electron chi connectivity index (χ3n) is 4.94. The number of urea groups is 1. The number of rotatable bonds is 5. The van der Waals surface area contributed by atoms with Crippen molar-refractivity contribution >= 4 is 6.03 Å². The quantitative estimate of drug-likeness (QED) is 0.901. The van der Waals surface area contributed by atoms with Crippen LogP contribution in [0.4, 0.5) is 4.79 Å². The second kappa shape index (κ2) is 8.38. The molecule has 5 nitrogen and oxygen atoms in total. The summed E-state index contributed by atoms with van der Waals surface area (Å²) in [7, 11) is 1.86. The smallest absolute Gasteiger partial charge is 0.317 e. The average Bonchev–Trinajstić information content (AvgIpc) is 3.10. The number of hydrogen-bond donors (Lipinski definition) is 1. The molecule has 5 heteroatoms. The zero-order valence-electron chi connectivity index (χ0n) is 14.4. The maximum absolute atomic E-state index is 12.5. The first-order valence-corrected chi connectivity index (χ1v) is 9.03. The van der Waals surface area contributed by atoms with E-state index in [0.29, 0.717) is 5.92 Å². The van der Waals surface area contributed by atoms with Crippen LogP contribution in [0.5, 0.6) is 5.75 Å². The summed E-state index contributed by atoms with van der Waals surface area (Å²) in [6, 6.07) is 9.95. The van der Waals surface area contributed by atoms with Crippen molar-refractivity contribution < 1.29 is 14.3 Å². The Labute approximate surface area is 144 Å². The van der Waals surface area contributed by atoms with E-state index in [-0.39, 0.29) is 18.2 Å². The first-order valence-electron chi connectivity index (χ1n) is 9.03. The first kappa shape index (κ1) is 17.1. The van der Waals surface area contributed by atoms with Crippen molar-refractivity contribution in [2.24, 2.45) is 5.92 Å². The lowest BCUT2D eigenvalue weighted by atomic mass is 9.92. The van der Waals surface area contributed by atoms with Gasteiger partial charge in [-0.05, 0) is 37.8 Å². The van der Waals surface area contributed by atoms with E-state index in [1.807, 2.05) is 37.4 Å². The summed E-state index contributed by atoms with van der Waals surface area (Å²) in [5.74, 6) is 1.34. The Balaban J connectivity index is 1.53. The van der Waals surface area contributed by atoms with Gasteiger partial charge in [0.05, 0.1) is 12.6 Å². The molecule has 1 heterocycles. The maximum atomic E-state index is 12.5. The lowest BCUT2D eigenvalue weighted by molar-refractivity contribution is 0.110. The molecular formula is C19H28N2O3. The number of benzene rings is 1. The van der Waals surface area contributed by atoms with Gasteiger partial charge >= 0.3 is 6.03 Å². The molecule has 0 spiro atoms. The molecule has 1 saturated heterocycles. The van der Waals surface area contributed by atoms with Crippen molar-refractivity contribution in [1.29, 1.82) is 0 Å². The fourth-order valence-corrected chi connectivity index (χ4v) is 3.54. The first-order chi connectivity index (χ1) is 11.7. The molecule has 1 aromatic carbocycles. The number of carbonyl (C=O) groups is 1. The van der Waals surface area contributed by atoms with Gasteiger partial charge in [-0.1, -0.05) is 24.6 Å². The molecule has 1 aliphatic carbocycles. The third kappa shape index (κ3) is 4.63. The molecule has 0 aromatic heterocycles. The van der Waals surface area contributed by atoms with Gasteiger partial charge < -0.3 is 19.7 Å². The minimum absolute atomic E-state index is 0.00420. The van der Waals surface area contributed by atoms with Gasteiger partial charge in [0.2, 0.25) is 0 Å². The number of nitrogens with zero attached hydrogens (tertiary/aromatic N) is 1. The fraction of sp³-hybridized carbons (Fsp3) is 0.632. The van der Waals surface area contributed by atoms with E-state index in [1.165, 1.54) is 0 Å². The number of ether oxygens (including phenoxy) is 2. The minimum Gasteiger partial charge on any atom is -0.488 e. The molecule has 1 aromatic rings. The van der Waals surface area contributed by atoms with Crippen molar-refractivity contribution in [3.8, 4) is 5.75 Å². The van der Waals surface area contributed by atoms with E-state index in [0.717, 1.165) is 57.6 Å². The van der Waals surface area contributed by atoms with E-state index in [1.54, 1.807) is 4.90 Å². The Bertz CT molecular complexity index is 517. The van der Waals surface area contributed by atoms with Gasteiger partial charge in [0.25, 0.3) is 0 Å². The van der Waals surface area contributed by atoms with Gasteiger partial charge in [-0.25, -0.2) is 4.79 Å². The zero-order chi connectivity index (χ0) is 16.8. The normalized spacial score (nSPS) is 26.8. The van der Waals surface area contributed by atoms with E-state index in [4.69, 9.17) is 9.47 Å². The molecular weight excluding hydrogens is 304 g/mol. The molecule has 1 saturated carbocycles. The van der Waals surface area contributed by atoms with E-state index < -0.39 is 0 Å². The van der Waals surface area contributed by atoms with Gasteiger partial charge in [0.1, 0.15) is 11.9 Å². The topological polar surface area (TPSA) is 50.8 Å². The van der Waals surface area contributed by atoms with Crippen molar-refractivity contribution in [2.45, 2.75) is 44.2 Å². The highest BCUT2D eigenvalue weighted by atomic mass is 16.5. The Morgan fingerprint density at radius 1 is 1.25 bits per heavy atom. The molecule has 132 valence electrons. The lowest BCUT2D eigenvalue weighted by Crippen LogP contribution is -2.51. The van der Waals surface area contributed by atoms with Crippen LogP contribution in [0.25, 0.3) is 0 Å². The summed E-state index contributed by atoms with van der Waals surface area (Å²) >= 11 is 0. The Morgan fingerprint density at radius 3 is 2.79 bits per heavy atom. The zero-order valence-corrected chi connectivity index (χ0v) is 14.4. The van der Waals surface area contributed by atoms with E-state index in [2.05, 4.69) is 5.32 Å². The van der Waals surface area contributed by atoms with Crippen LogP contribution >= 0.6 is 0 Å². The standard InChI is InChI=1S/C19H28N2O3/c1-21(13-15-11-12-23-14-15)19(22)20-17-9-5-6-10-18(17)24-16-7-3-2-4-8-16/h2-4,7-8,15,17-18H,5-6,9-14H2,1H3,(H,20,22)/t15-,17+,18-/m0/s1. The van der Waals surface area contributed by atoms with Crippen LogP contribution in [0.1, 0.15) is 32.1 Å². The van der Waals surface area contributed by atoms with Gasteiger partial charge in [0.15, 0.2) is 0 Å². The lowest BCUT2D eigenvalue weighted by Gasteiger charge is -2.34. The highest BCUT2D eigenvalue weighted by Gasteiger charge is 2.29. The summed E-state index contributed by atoms with van der Waals surface area (Å²) in [4.78, 5) is 14.3. The Hall–Kier alpha value is -1.75. The second-order valence-electron chi connectivity index (χ2n) is 6.92. The summed E-state index contributed by atoms with van der Waals surface area (Å²) in [6.45, 7) is 2.33. The minimum atomic E-state index is -0.00420. The van der Waals surface area contributed by atoms with Crippen LogP contribution in [0.15, 0.2) is 30.3 Å². The van der Waals surface area contributed by atoms with E-state index in [9.17, 15) is 4.79 Å². The fourth-order valence-electron chi connectivity index (χ4n) is 3.54. The van der Waals surface area contributed by atoms with Crippen molar-refractivity contribution in [1.82, 2.24) is 10.2 Å². The summed E-state index contributed by atoms with van der Waals surface area (Å²) < 4.78 is 11.5. The number of nitrogens with one attached hydrogen (secondary N) is 1. The molecule has 1 N–H and O–H groups in total. The summed E-state index contributed by atoms with van der Waals surface area (Å²) in [6.07, 6.45) is 5.34. The molecule has 2 aliphatic rings. The number of amides is 2. The average molecular weight is 332 g/mol. The highest BCUT2D eigenvalue weighted by Crippen LogP contribution is 2.24. The number of para-hydroxylation sites is 1. The molecule has 2 amide bonds. The van der Waals surface area contributed by atoms with Crippen LogP contribution in [0.3, 0.4) is 0 Å². The second-order valence-corrected chi connectivity index (χ2v) is 6.92. The van der Waals surface area contributed by atoms with Gasteiger partial charge in [0, 0.05) is 26.1 Å².